The third-order valence-electron chi connectivity index (χ3n) is 5.34. The number of hydrogen-bond acceptors (Lipinski definition) is 6. The molecule has 1 aliphatic rings. The van der Waals surface area contributed by atoms with E-state index < -0.39 is 29.9 Å². The van der Waals surface area contributed by atoms with Gasteiger partial charge in [-0.2, -0.15) is 11.8 Å². The van der Waals surface area contributed by atoms with E-state index in [0.29, 0.717) is 31.6 Å². The van der Waals surface area contributed by atoms with Crippen LogP contribution in [0.1, 0.15) is 38.7 Å². The number of hydrogen-bond donors (Lipinski definition) is 4. The molecule has 0 radical (unpaired) electrons. The van der Waals surface area contributed by atoms with Crippen LogP contribution in [-0.2, 0) is 24.9 Å². The number of carbonyl (C=O) groups is 4. The molecule has 0 unspecified atom stereocenters. The van der Waals surface area contributed by atoms with Crippen LogP contribution in [0.4, 0.5) is 0 Å². The maximum Gasteiger partial charge on any atom is 0.243 e. The molecule has 3 atom stereocenters. The molecule has 1 aromatic carbocycles. The molecule has 0 spiro atoms. The predicted molar refractivity (Wildman–Crippen MR) is 129 cm³/mol. The smallest absolute Gasteiger partial charge is 0.243 e. The molecule has 1 saturated heterocycles. The van der Waals surface area contributed by atoms with Crippen molar-refractivity contribution in [3.63, 3.8) is 0 Å². The lowest BCUT2D eigenvalue weighted by molar-refractivity contribution is -0.140. The number of rotatable bonds is 12. The number of thioether (sulfide) groups is 1. The molecule has 1 fully saturated rings. The Morgan fingerprint density at radius 1 is 1.18 bits per heavy atom. The molecule has 2 rings (SSSR count). The highest BCUT2D eigenvalue weighted by Crippen LogP contribution is 2.20. The Balaban J connectivity index is 1.93. The number of nitrogens with one attached hydrogen (secondary N) is 2. The Morgan fingerprint density at radius 3 is 2.52 bits per heavy atom. The van der Waals surface area contributed by atoms with E-state index in [2.05, 4.69) is 10.6 Å². The third kappa shape index (κ3) is 8.70. The summed E-state index contributed by atoms with van der Waals surface area (Å²) in [6, 6.07) is 7.74. The topological polar surface area (TPSA) is 148 Å². The molecule has 1 heterocycles. The molecule has 4 amide bonds. The standard InChI is InChI=1S/C23H35N5O4S/c1-15(2)11-18(21(30)26-12-20(25)29)27-22(31)19-9-6-10-28(19)23(32)17(24)14-33-13-16-7-4-3-5-8-16/h3-5,7-8,15,17-19H,6,9-14,24H2,1-2H3,(H2,25,29)(H,26,30)(H,27,31)/t17-,18-,19-/m0/s1. The van der Waals surface area contributed by atoms with Crippen LogP contribution < -0.4 is 22.1 Å². The van der Waals surface area contributed by atoms with E-state index in [1.54, 1.807) is 11.8 Å². The van der Waals surface area contributed by atoms with Crippen LogP contribution in [0.25, 0.3) is 0 Å². The molecule has 10 heteroatoms. The Bertz CT molecular complexity index is 820. The van der Waals surface area contributed by atoms with Crippen molar-refractivity contribution in [2.75, 3.05) is 18.8 Å². The number of amides is 4. The highest BCUT2D eigenvalue weighted by Gasteiger charge is 2.37. The zero-order chi connectivity index (χ0) is 24.4. The fourth-order valence-electron chi connectivity index (χ4n) is 3.73. The minimum Gasteiger partial charge on any atom is -0.368 e. The van der Waals surface area contributed by atoms with Crippen LogP contribution in [0.5, 0.6) is 0 Å². The maximum atomic E-state index is 13.0. The normalized spacial score (nSPS) is 17.5. The van der Waals surface area contributed by atoms with E-state index in [9.17, 15) is 19.2 Å². The molecule has 6 N–H and O–H groups in total. The van der Waals surface area contributed by atoms with E-state index in [1.165, 1.54) is 4.90 Å². The van der Waals surface area contributed by atoms with E-state index in [0.717, 1.165) is 11.3 Å². The predicted octanol–water partition coefficient (Wildman–Crippen LogP) is 0.371. The summed E-state index contributed by atoms with van der Waals surface area (Å²) >= 11 is 1.58. The second kappa shape index (κ2) is 13.2. The summed E-state index contributed by atoms with van der Waals surface area (Å²) in [7, 11) is 0. The first-order chi connectivity index (χ1) is 15.7. The van der Waals surface area contributed by atoms with Gasteiger partial charge in [-0.1, -0.05) is 44.2 Å². The van der Waals surface area contributed by atoms with Crippen molar-refractivity contribution in [3.8, 4) is 0 Å². The van der Waals surface area contributed by atoms with Crippen LogP contribution in [-0.4, -0.2) is 65.5 Å². The molecule has 33 heavy (non-hydrogen) atoms. The van der Waals surface area contributed by atoms with Gasteiger partial charge in [0, 0.05) is 18.1 Å². The number of nitrogens with two attached hydrogens (primary N) is 2. The van der Waals surface area contributed by atoms with Crippen molar-refractivity contribution in [3.05, 3.63) is 35.9 Å². The zero-order valence-electron chi connectivity index (χ0n) is 19.3. The molecule has 0 saturated carbocycles. The summed E-state index contributed by atoms with van der Waals surface area (Å²) < 4.78 is 0. The van der Waals surface area contributed by atoms with E-state index in [4.69, 9.17) is 11.5 Å². The van der Waals surface area contributed by atoms with Crippen molar-refractivity contribution < 1.29 is 19.2 Å². The third-order valence-corrected chi connectivity index (χ3v) is 6.47. The minimum absolute atomic E-state index is 0.131. The van der Waals surface area contributed by atoms with Crippen molar-refractivity contribution in [1.29, 1.82) is 0 Å². The summed E-state index contributed by atoms with van der Waals surface area (Å²) in [4.78, 5) is 50.9. The van der Waals surface area contributed by atoms with Gasteiger partial charge in [0.25, 0.3) is 0 Å². The summed E-state index contributed by atoms with van der Waals surface area (Å²) in [5, 5.41) is 5.20. The highest BCUT2D eigenvalue weighted by atomic mass is 32.2. The van der Waals surface area contributed by atoms with Gasteiger partial charge in [0.15, 0.2) is 0 Å². The Morgan fingerprint density at radius 2 is 1.88 bits per heavy atom. The van der Waals surface area contributed by atoms with Gasteiger partial charge in [0.05, 0.1) is 12.6 Å². The summed E-state index contributed by atoms with van der Waals surface area (Å²) in [6.07, 6.45) is 1.60. The summed E-state index contributed by atoms with van der Waals surface area (Å²) in [5.74, 6) is -0.444. The lowest BCUT2D eigenvalue weighted by Gasteiger charge is -2.28. The SMILES string of the molecule is CC(C)C[C@H](NC(=O)[C@@H]1CCCN1C(=O)[C@@H](N)CSCc1ccccc1)C(=O)NCC(N)=O. The van der Waals surface area contributed by atoms with Gasteiger partial charge in [-0.3, -0.25) is 19.2 Å². The van der Waals surface area contributed by atoms with Crippen LogP contribution in [0, 0.1) is 5.92 Å². The Kier molecular flexibility index (Phi) is 10.7. The van der Waals surface area contributed by atoms with Crippen LogP contribution >= 0.6 is 11.8 Å². The fraction of sp³-hybridized carbons (Fsp3) is 0.565. The second-order valence-corrected chi connectivity index (χ2v) is 9.70. The maximum absolute atomic E-state index is 13.0. The van der Waals surface area contributed by atoms with Gasteiger partial charge in [-0.25, -0.2) is 0 Å². The number of primary amides is 1. The monoisotopic (exact) mass is 477 g/mol. The molecule has 1 aromatic rings. The van der Waals surface area contributed by atoms with Crippen molar-refractivity contribution in [2.24, 2.45) is 17.4 Å². The van der Waals surface area contributed by atoms with Crippen molar-refractivity contribution in [2.45, 2.75) is 57.0 Å². The molecule has 0 aromatic heterocycles. The van der Waals surface area contributed by atoms with Gasteiger partial charge in [-0.05, 0) is 30.7 Å². The second-order valence-electron chi connectivity index (χ2n) is 8.67. The van der Waals surface area contributed by atoms with Crippen molar-refractivity contribution in [1.82, 2.24) is 15.5 Å². The van der Waals surface area contributed by atoms with E-state index >= 15 is 0 Å². The number of benzene rings is 1. The van der Waals surface area contributed by atoms with E-state index in [-0.39, 0.29) is 24.3 Å². The van der Waals surface area contributed by atoms with Gasteiger partial charge in [0.2, 0.25) is 23.6 Å². The van der Waals surface area contributed by atoms with Crippen LogP contribution in [0.3, 0.4) is 0 Å². The minimum atomic E-state index is -0.815. The van der Waals surface area contributed by atoms with Crippen LogP contribution in [0.2, 0.25) is 0 Å². The molecular weight excluding hydrogens is 442 g/mol. The lowest BCUT2D eigenvalue weighted by atomic mass is 10.0. The summed E-state index contributed by atoms with van der Waals surface area (Å²) in [5.41, 5.74) is 12.4. The first-order valence-corrected chi connectivity index (χ1v) is 12.4. The number of likely N-dealkylation sites (tertiary alicyclic amines) is 1. The fourth-order valence-corrected chi connectivity index (χ4v) is 4.68. The van der Waals surface area contributed by atoms with Gasteiger partial charge >= 0.3 is 0 Å². The zero-order valence-corrected chi connectivity index (χ0v) is 20.1. The number of nitrogens with zero attached hydrogens (tertiary/aromatic N) is 1. The summed E-state index contributed by atoms with van der Waals surface area (Å²) in [6.45, 7) is 4.01. The molecule has 0 bridgehead atoms. The molecule has 1 aliphatic heterocycles. The molecule has 182 valence electrons. The van der Waals surface area contributed by atoms with Gasteiger partial charge in [0.1, 0.15) is 12.1 Å². The largest absolute Gasteiger partial charge is 0.368 e. The average molecular weight is 478 g/mol. The highest BCUT2D eigenvalue weighted by molar-refractivity contribution is 7.98. The van der Waals surface area contributed by atoms with Crippen LogP contribution in [0.15, 0.2) is 30.3 Å². The van der Waals surface area contributed by atoms with Crippen molar-refractivity contribution >= 4 is 35.4 Å². The Labute approximate surface area is 199 Å². The molecular formula is C23H35N5O4S. The molecule has 0 aliphatic carbocycles. The Hall–Kier alpha value is -2.59. The first kappa shape index (κ1) is 26.7. The first-order valence-electron chi connectivity index (χ1n) is 11.2. The van der Waals surface area contributed by atoms with E-state index in [1.807, 2.05) is 44.2 Å². The lowest BCUT2D eigenvalue weighted by Crippen LogP contribution is -2.56. The molecule has 9 nitrogen and oxygen atoms in total. The number of carbonyl (C=O) groups excluding carboxylic acids is 4. The van der Waals surface area contributed by atoms with Gasteiger partial charge in [-0.15, -0.1) is 0 Å². The van der Waals surface area contributed by atoms with Gasteiger partial charge < -0.3 is 27.0 Å². The average Bonchev–Trinajstić information content (AvgIpc) is 3.26. The quantitative estimate of drug-likeness (QED) is 0.342.